The van der Waals surface area contributed by atoms with Gasteiger partial charge in [-0.25, -0.2) is 4.68 Å². The second kappa shape index (κ2) is 7.35. The number of amides is 1. The molecule has 6 nitrogen and oxygen atoms in total. The molecule has 3 rings (SSSR count). The molecule has 0 N–H and O–H groups in total. The number of hydrogen-bond donors (Lipinski definition) is 0. The molecular weight excluding hydrogens is 431 g/mol. The first-order chi connectivity index (χ1) is 11.9. The van der Waals surface area contributed by atoms with Crippen molar-refractivity contribution in [2.45, 2.75) is 0 Å². The number of nitrogens with zero attached hydrogens (tertiary/aromatic N) is 4. The van der Waals surface area contributed by atoms with Gasteiger partial charge in [0.1, 0.15) is 4.47 Å². The Labute approximate surface area is 163 Å². The lowest BCUT2D eigenvalue weighted by atomic mass is 10.1. The van der Waals surface area contributed by atoms with Gasteiger partial charge in [0.25, 0.3) is 11.5 Å². The number of anilines is 1. The lowest BCUT2D eigenvalue weighted by Gasteiger charge is -2.36. The SMILES string of the molecule is Cn1ncc(N2CCN(C(=O)c3cccc(Cl)c3Cl)CC2)c(Br)c1=O. The molecule has 1 saturated heterocycles. The summed E-state index contributed by atoms with van der Waals surface area (Å²) in [5.41, 5.74) is 0.941. The first kappa shape index (κ1) is 18.2. The van der Waals surface area contributed by atoms with Gasteiger partial charge in [-0.1, -0.05) is 29.3 Å². The molecule has 25 heavy (non-hydrogen) atoms. The maximum absolute atomic E-state index is 12.7. The van der Waals surface area contributed by atoms with E-state index >= 15 is 0 Å². The van der Waals surface area contributed by atoms with E-state index in [9.17, 15) is 9.59 Å². The van der Waals surface area contributed by atoms with Crippen LogP contribution in [0.2, 0.25) is 10.0 Å². The van der Waals surface area contributed by atoms with Gasteiger partial charge in [-0.3, -0.25) is 9.59 Å². The summed E-state index contributed by atoms with van der Waals surface area (Å²) in [6.07, 6.45) is 1.65. The lowest BCUT2D eigenvalue weighted by molar-refractivity contribution is 0.0747. The standard InChI is InChI=1S/C16H15BrCl2N4O2/c1-21-16(25)13(17)12(9-20-21)22-5-7-23(8-6-22)15(24)10-3-2-4-11(18)14(10)19/h2-4,9H,5-8H2,1H3. The van der Waals surface area contributed by atoms with Crippen LogP contribution in [0.15, 0.2) is 33.7 Å². The molecule has 0 spiro atoms. The lowest BCUT2D eigenvalue weighted by Crippen LogP contribution is -2.49. The second-order valence-electron chi connectivity index (χ2n) is 5.65. The molecule has 2 heterocycles. The van der Waals surface area contributed by atoms with E-state index in [1.165, 1.54) is 4.68 Å². The second-order valence-corrected chi connectivity index (χ2v) is 7.23. The van der Waals surface area contributed by atoms with E-state index in [1.807, 2.05) is 4.90 Å². The van der Waals surface area contributed by atoms with E-state index < -0.39 is 0 Å². The van der Waals surface area contributed by atoms with E-state index in [0.717, 1.165) is 5.69 Å². The van der Waals surface area contributed by atoms with Crippen molar-refractivity contribution in [2.75, 3.05) is 31.1 Å². The van der Waals surface area contributed by atoms with Crippen LogP contribution in [0.3, 0.4) is 0 Å². The average Bonchev–Trinajstić information content (AvgIpc) is 2.62. The summed E-state index contributed by atoms with van der Waals surface area (Å²) in [6, 6.07) is 5.03. The normalized spacial score (nSPS) is 14.7. The Bertz CT molecular complexity index is 879. The fraction of sp³-hybridized carbons (Fsp3) is 0.312. The molecule has 1 amide bonds. The largest absolute Gasteiger partial charge is 0.366 e. The summed E-state index contributed by atoms with van der Waals surface area (Å²) in [6.45, 7) is 2.22. The number of benzene rings is 1. The first-order valence-electron chi connectivity index (χ1n) is 7.60. The first-order valence-corrected chi connectivity index (χ1v) is 9.15. The van der Waals surface area contributed by atoms with E-state index in [0.29, 0.717) is 41.2 Å². The van der Waals surface area contributed by atoms with Crippen molar-refractivity contribution in [1.82, 2.24) is 14.7 Å². The van der Waals surface area contributed by atoms with Gasteiger partial charge in [0.15, 0.2) is 0 Å². The Morgan fingerprint density at radius 3 is 2.56 bits per heavy atom. The minimum Gasteiger partial charge on any atom is -0.366 e. The molecule has 1 aliphatic heterocycles. The summed E-state index contributed by atoms with van der Waals surface area (Å²) < 4.78 is 1.75. The number of halogens is 3. The smallest absolute Gasteiger partial charge is 0.282 e. The molecule has 9 heteroatoms. The molecule has 0 unspecified atom stereocenters. The van der Waals surface area contributed by atoms with Gasteiger partial charge >= 0.3 is 0 Å². The number of aryl methyl sites for hydroxylation is 1. The number of piperazine rings is 1. The number of carbonyl (C=O) groups excluding carboxylic acids is 1. The minimum absolute atomic E-state index is 0.145. The molecule has 1 fully saturated rings. The Morgan fingerprint density at radius 1 is 1.20 bits per heavy atom. The summed E-state index contributed by atoms with van der Waals surface area (Å²) in [5.74, 6) is -0.145. The zero-order valence-electron chi connectivity index (χ0n) is 13.4. The van der Waals surface area contributed by atoms with Crippen molar-refractivity contribution >= 4 is 50.7 Å². The maximum Gasteiger partial charge on any atom is 0.282 e. The summed E-state index contributed by atoms with van der Waals surface area (Å²) in [7, 11) is 1.60. The highest BCUT2D eigenvalue weighted by Crippen LogP contribution is 2.27. The fourth-order valence-corrected chi connectivity index (χ4v) is 3.70. The molecule has 1 aromatic carbocycles. The zero-order valence-corrected chi connectivity index (χ0v) is 16.5. The highest BCUT2D eigenvalue weighted by atomic mass is 79.9. The molecular formula is C16H15BrCl2N4O2. The molecule has 0 bridgehead atoms. The van der Waals surface area contributed by atoms with Crippen LogP contribution in [0.4, 0.5) is 5.69 Å². The number of hydrogen-bond acceptors (Lipinski definition) is 4. The number of carbonyl (C=O) groups is 1. The van der Waals surface area contributed by atoms with Crippen LogP contribution >= 0.6 is 39.1 Å². The van der Waals surface area contributed by atoms with Crippen LogP contribution in [0.5, 0.6) is 0 Å². The van der Waals surface area contributed by atoms with Crippen LogP contribution in [-0.4, -0.2) is 46.8 Å². The average molecular weight is 446 g/mol. The maximum atomic E-state index is 12.7. The predicted molar refractivity (Wildman–Crippen MR) is 102 cm³/mol. The Hall–Kier alpha value is -1.57. The summed E-state index contributed by atoms with van der Waals surface area (Å²) in [4.78, 5) is 28.4. The van der Waals surface area contributed by atoms with E-state index in [2.05, 4.69) is 21.0 Å². The van der Waals surface area contributed by atoms with Gasteiger partial charge in [0.05, 0.1) is 27.5 Å². The van der Waals surface area contributed by atoms with Crippen molar-refractivity contribution < 1.29 is 4.79 Å². The van der Waals surface area contributed by atoms with Crippen molar-refractivity contribution in [2.24, 2.45) is 7.05 Å². The molecule has 0 aliphatic carbocycles. The summed E-state index contributed by atoms with van der Waals surface area (Å²) >= 11 is 15.5. The summed E-state index contributed by atoms with van der Waals surface area (Å²) in [5, 5.41) is 4.69. The topological polar surface area (TPSA) is 58.4 Å². The van der Waals surface area contributed by atoms with Crippen molar-refractivity contribution in [3.8, 4) is 0 Å². The third kappa shape index (κ3) is 3.54. The van der Waals surface area contributed by atoms with E-state index in [4.69, 9.17) is 23.2 Å². The van der Waals surface area contributed by atoms with Crippen LogP contribution in [0, 0.1) is 0 Å². The highest BCUT2D eigenvalue weighted by molar-refractivity contribution is 9.10. The molecule has 0 radical (unpaired) electrons. The zero-order chi connectivity index (χ0) is 18.1. The quantitative estimate of drug-likeness (QED) is 0.713. The molecule has 1 aromatic heterocycles. The number of aromatic nitrogens is 2. The van der Waals surface area contributed by atoms with Crippen molar-refractivity contribution in [1.29, 1.82) is 0 Å². The predicted octanol–water partition coefficient (Wildman–Crippen LogP) is 2.81. The van der Waals surface area contributed by atoms with E-state index in [-0.39, 0.29) is 16.5 Å². The Kier molecular flexibility index (Phi) is 5.36. The van der Waals surface area contributed by atoms with Crippen LogP contribution in [0.25, 0.3) is 0 Å². The Morgan fingerprint density at radius 2 is 1.88 bits per heavy atom. The minimum atomic E-state index is -0.193. The monoisotopic (exact) mass is 444 g/mol. The van der Waals surface area contributed by atoms with Crippen molar-refractivity contribution in [3.63, 3.8) is 0 Å². The fourth-order valence-electron chi connectivity index (χ4n) is 2.71. The molecule has 2 aromatic rings. The molecule has 0 atom stereocenters. The third-order valence-corrected chi connectivity index (χ3v) is 5.71. The van der Waals surface area contributed by atoms with Crippen molar-refractivity contribution in [3.05, 3.63) is 54.8 Å². The van der Waals surface area contributed by atoms with Gasteiger partial charge < -0.3 is 9.80 Å². The molecule has 0 saturated carbocycles. The molecule has 132 valence electrons. The van der Waals surface area contributed by atoms with Gasteiger partial charge in [-0.15, -0.1) is 0 Å². The highest BCUT2D eigenvalue weighted by Gasteiger charge is 2.25. The van der Waals surface area contributed by atoms with E-state index in [1.54, 1.807) is 36.3 Å². The van der Waals surface area contributed by atoms with Crippen LogP contribution in [-0.2, 0) is 7.05 Å². The third-order valence-electron chi connectivity index (χ3n) is 4.15. The van der Waals surface area contributed by atoms with Crippen LogP contribution < -0.4 is 10.5 Å². The van der Waals surface area contributed by atoms with Gasteiger partial charge in [-0.05, 0) is 28.1 Å². The van der Waals surface area contributed by atoms with Gasteiger partial charge in [0.2, 0.25) is 0 Å². The Balaban J connectivity index is 1.74. The van der Waals surface area contributed by atoms with Crippen LogP contribution in [0.1, 0.15) is 10.4 Å². The van der Waals surface area contributed by atoms with Gasteiger partial charge in [-0.2, -0.15) is 5.10 Å². The van der Waals surface area contributed by atoms with Gasteiger partial charge in [0, 0.05) is 33.2 Å². The number of rotatable bonds is 2. The molecule has 1 aliphatic rings.